The van der Waals surface area contributed by atoms with Crippen molar-refractivity contribution in [1.82, 2.24) is 10.2 Å². The Hall–Kier alpha value is -2.15. The fourth-order valence-corrected chi connectivity index (χ4v) is 1.64. The van der Waals surface area contributed by atoms with Crippen LogP contribution in [0.3, 0.4) is 0 Å². The van der Waals surface area contributed by atoms with E-state index in [4.69, 9.17) is 11.5 Å². The van der Waals surface area contributed by atoms with Gasteiger partial charge in [-0.25, -0.2) is 0 Å². The highest BCUT2D eigenvalue weighted by Gasteiger charge is 2.09. The van der Waals surface area contributed by atoms with Crippen molar-refractivity contribution in [3.8, 4) is 0 Å². The first-order chi connectivity index (χ1) is 7.65. The van der Waals surface area contributed by atoms with Crippen molar-refractivity contribution in [3.63, 3.8) is 0 Å². The molecular weight excluding hydrogens is 226 g/mol. The Morgan fingerprint density at radius 1 is 1.25 bits per heavy atom. The summed E-state index contributed by atoms with van der Waals surface area (Å²) in [4.78, 5) is 11.7. The number of benzene rings is 1. The number of hydrogen-bond acceptors (Lipinski definition) is 6. The number of nitrogen functional groups attached to an aromatic ring is 2. The molecule has 6 nitrogen and oxygen atoms in total. The number of hydrogen-bond donors (Lipinski definition) is 3. The molecule has 0 unspecified atom stereocenters. The minimum absolute atomic E-state index is 0.309. The Morgan fingerprint density at radius 3 is 2.50 bits per heavy atom. The van der Waals surface area contributed by atoms with Crippen LogP contribution < -0.4 is 16.8 Å². The van der Waals surface area contributed by atoms with Gasteiger partial charge in [0.15, 0.2) is 0 Å². The zero-order chi connectivity index (χ0) is 11.5. The summed E-state index contributed by atoms with van der Waals surface area (Å²) in [6.07, 6.45) is 0. The molecule has 1 aromatic carbocycles. The van der Waals surface area contributed by atoms with Crippen molar-refractivity contribution < 1.29 is 4.79 Å². The largest absolute Gasteiger partial charge is 0.399 e. The molecule has 0 aliphatic carbocycles. The number of nitrogens with two attached hydrogens (primary N) is 2. The Balaban J connectivity index is 2.21. The average molecular weight is 235 g/mol. The molecule has 0 fully saturated rings. The third-order valence-electron chi connectivity index (χ3n) is 1.82. The first-order valence-electron chi connectivity index (χ1n) is 4.39. The number of nitrogens with one attached hydrogen (secondary N) is 1. The number of amides is 1. The maximum atomic E-state index is 11.7. The van der Waals surface area contributed by atoms with E-state index in [1.165, 1.54) is 16.8 Å². The predicted molar refractivity (Wildman–Crippen MR) is 63.1 cm³/mol. The highest BCUT2D eigenvalue weighted by Crippen LogP contribution is 2.16. The summed E-state index contributed by atoms with van der Waals surface area (Å²) in [6.45, 7) is 0. The summed E-state index contributed by atoms with van der Waals surface area (Å²) in [5.41, 5.74) is 14.0. The van der Waals surface area contributed by atoms with Gasteiger partial charge in [-0.2, -0.15) is 0 Å². The fraction of sp³-hybridized carbons (Fsp3) is 0. The van der Waals surface area contributed by atoms with Crippen LogP contribution in [0.2, 0.25) is 0 Å². The molecule has 0 bridgehead atoms. The van der Waals surface area contributed by atoms with E-state index in [-0.39, 0.29) is 5.91 Å². The number of aromatic nitrogens is 2. The minimum Gasteiger partial charge on any atom is -0.399 e. The van der Waals surface area contributed by atoms with Crippen LogP contribution in [0.4, 0.5) is 16.5 Å². The zero-order valence-corrected chi connectivity index (χ0v) is 8.99. The average Bonchev–Trinajstić information content (AvgIpc) is 2.68. The summed E-state index contributed by atoms with van der Waals surface area (Å²) in [5.74, 6) is -0.309. The number of anilines is 3. The smallest absolute Gasteiger partial charge is 0.257 e. The molecule has 5 N–H and O–H groups in total. The third kappa shape index (κ3) is 2.26. The van der Waals surface area contributed by atoms with Crippen molar-refractivity contribution in [1.29, 1.82) is 0 Å². The summed E-state index contributed by atoms with van der Waals surface area (Å²) in [6, 6.07) is 4.68. The summed E-state index contributed by atoms with van der Waals surface area (Å²) >= 11 is 1.24. The van der Waals surface area contributed by atoms with E-state index in [2.05, 4.69) is 15.5 Å². The fourth-order valence-electron chi connectivity index (χ4n) is 1.20. The van der Waals surface area contributed by atoms with Gasteiger partial charge in [0.25, 0.3) is 5.91 Å². The maximum absolute atomic E-state index is 11.7. The van der Waals surface area contributed by atoms with Gasteiger partial charge in [-0.05, 0) is 18.2 Å². The molecule has 1 aromatic heterocycles. The lowest BCUT2D eigenvalue weighted by Gasteiger charge is -2.03. The van der Waals surface area contributed by atoms with Crippen molar-refractivity contribution >= 4 is 33.8 Å². The van der Waals surface area contributed by atoms with Gasteiger partial charge in [0, 0.05) is 16.9 Å². The molecule has 16 heavy (non-hydrogen) atoms. The van der Waals surface area contributed by atoms with Gasteiger partial charge < -0.3 is 11.5 Å². The monoisotopic (exact) mass is 235 g/mol. The van der Waals surface area contributed by atoms with E-state index in [0.717, 1.165) is 0 Å². The predicted octanol–water partition coefficient (Wildman–Crippen LogP) is 0.955. The summed E-state index contributed by atoms with van der Waals surface area (Å²) in [5, 5.41) is 10.3. The topological polar surface area (TPSA) is 107 Å². The van der Waals surface area contributed by atoms with Crippen molar-refractivity contribution in [2.45, 2.75) is 0 Å². The lowest BCUT2D eigenvalue weighted by Crippen LogP contribution is -2.12. The van der Waals surface area contributed by atoms with Crippen LogP contribution in [-0.4, -0.2) is 16.1 Å². The second-order valence-electron chi connectivity index (χ2n) is 3.09. The molecule has 0 aliphatic heterocycles. The molecule has 0 aliphatic rings. The lowest BCUT2D eigenvalue weighted by atomic mass is 10.1. The number of carbonyl (C=O) groups excluding carboxylic acids is 1. The van der Waals surface area contributed by atoms with Gasteiger partial charge >= 0.3 is 0 Å². The second kappa shape index (κ2) is 4.15. The SMILES string of the molecule is Nc1cc(N)cc(C(=O)Nc2nncs2)c1. The lowest BCUT2D eigenvalue weighted by molar-refractivity contribution is 0.102. The molecule has 1 amide bonds. The van der Waals surface area contributed by atoms with Gasteiger partial charge in [-0.1, -0.05) is 11.3 Å². The van der Waals surface area contributed by atoms with E-state index in [9.17, 15) is 4.79 Å². The first-order valence-corrected chi connectivity index (χ1v) is 5.26. The highest BCUT2D eigenvalue weighted by atomic mass is 32.1. The molecule has 82 valence electrons. The molecule has 0 atom stereocenters. The summed E-state index contributed by atoms with van der Waals surface area (Å²) in [7, 11) is 0. The van der Waals surface area contributed by atoms with Gasteiger partial charge in [0.2, 0.25) is 5.13 Å². The van der Waals surface area contributed by atoms with Gasteiger partial charge in [0.1, 0.15) is 5.51 Å². The van der Waals surface area contributed by atoms with Crippen LogP contribution >= 0.6 is 11.3 Å². The Kier molecular flexibility index (Phi) is 2.69. The van der Waals surface area contributed by atoms with Gasteiger partial charge in [-0.3, -0.25) is 10.1 Å². The number of nitrogens with zero attached hydrogens (tertiary/aromatic N) is 2. The van der Waals surface area contributed by atoms with Crippen molar-refractivity contribution in [2.75, 3.05) is 16.8 Å². The van der Waals surface area contributed by atoms with Crippen molar-refractivity contribution in [3.05, 3.63) is 29.3 Å². The van der Waals surface area contributed by atoms with Crippen LogP contribution in [0.15, 0.2) is 23.7 Å². The highest BCUT2D eigenvalue weighted by molar-refractivity contribution is 7.13. The van der Waals surface area contributed by atoms with Gasteiger partial charge in [-0.15, -0.1) is 10.2 Å². The Labute approximate surface area is 95.3 Å². The molecule has 2 rings (SSSR count). The summed E-state index contributed by atoms with van der Waals surface area (Å²) < 4.78 is 0. The Morgan fingerprint density at radius 2 is 1.94 bits per heavy atom. The molecule has 2 aromatic rings. The van der Waals surface area contributed by atoms with Crippen LogP contribution in [0.5, 0.6) is 0 Å². The van der Waals surface area contributed by atoms with E-state index < -0.39 is 0 Å². The van der Waals surface area contributed by atoms with Crippen LogP contribution in [0, 0.1) is 0 Å². The molecule has 0 saturated carbocycles. The quantitative estimate of drug-likeness (QED) is 0.672. The third-order valence-corrected chi connectivity index (χ3v) is 2.43. The van der Waals surface area contributed by atoms with E-state index in [1.54, 1.807) is 18.2 Å². The van der Waals surface area contributed by atoms with Gasteiger partial charge in [0.05, 0.1) is 0 Å². The van der Waals surface area contributed by atoms with E-state index in [0.29, 0.717) is 22.1 Å². The van der Waals surface area contributed by atoms with Crippen LogP contribution in [-0.2, 0) is 0 Å². The van der Waals surface area contributed by atoms with Crippen LogP contribution in [0.25, 0.3) is 0 Å². The Bertz CT molecular complexity index is 490. The molecule has 0 saturated heterocycles. The molecule has 0 radical (unpaired) electrons. The van der Waals surface area contributed by atoms with E-state index >= 15 is 0 Å². The minimum atomic E-state index is -0.309. The van der Waals surface area contributed by atoms with Crippen molar-refractivity contribution in [2.24, 2.45) is 0 Å². The normalized spacial score (nSPS) is 10.0. The zero-order valence-electron chi connectivity index (χ0n) is 8.18. The van der Waals surface area contributed by atoms with E-state index in [1.807, 2.05) is 0 Å². The number of carbonyl (C=O) groups is 1. The first kappa shape index (κ1) is 10.4. The molecular formula is C9H9N5OS. The standard InChI is InChI=1S/C9H9N5OS/c10-6-1-5(2-7(11)3-6)8(15)13-9-14-12-4-16-9/h1-4H,10-11H2,(H,13,14,15). The molecule has 1 heterocycles. The molecule has 0 spiro atoms. The second-order valence-corrected chi connectivity index (χ2v) is 3.92. The number of rotatable bonds is 2. The molecule has 7 heteroatoms. The maximum Gasteiger partial charge on any atom is 0.257 e. The van der Waals surface area contributed by atoms with Crippen LogP contribution in [0.1, 0.15) is 10.4 Å².